The Hall–Kier alpha value is -0.940. The molecular formula is C8H13N3O2. The number of aliphatic hydroxyl groups excluding tert-OH is 1. The molecule has 0 bridgehead atoms. The second-order valence-corrected chi connectivity index (χ2v) is 3.25. The molecule has 2 heterocycles. The number of nitrogens with zero attached hydrogens (tertiary/aromatic N) is 3. The number of hydrogen-bond donors (Lipinski definition) is 1. The predicted molar refractivity (Wildman–Crippen MR) is 44.9 cm³/mol. The molecule has 1 aromatic rings. The molecule has 5 heteroatoms. The molecule has 0 aromatic carbocycles. The van der Waals surface area contributed by atoms with Gasteiger partial charge in [-0.15, -0.1) is 0 Å². The Morgan fingerprint density at radius 1 is 1.69 bits per heavy atom. The van der Waals surface area contributed by atoms with Gasteiger partial charge in [0.15, 0.2) is 5.82 Å². The van der Waals surface area contributed by atoms with Crippen LogP contribution in [-0.2, 0) is 17.9 Å². The summed E-state index contributed by atoms with van der Waals surface area (Å²) < 4.78 is 7.00. The second kappa shape index (κ2) is 3.85. The molecule has 1 atom stereocenters. The summed E-state index contributed by atoms with van der Waals surface area (Å²) in [5, 5.41) is 13.0. The van der Waals surface area contributed by atoms with Gasteiger partial charge in [-0.25, -0.2) is 9.67 Å². The Bertz CT molecular complexity index is 268. The fourth-order valence-corrected chi connectivity index (χ4v) is 1.53. The molecule has 1 unspecified atom stereocenters. The molecule has 1 aliphatic rings. The maximum absolute atomic E-state index is 8.93. The third kappa shape index (κ3) is 1.87. The number of rotatable bonds is 3. The van der Waals surface area contributed by atoms with Gasteiger partial charge in [0.25, 0.3) is 0 Å². The van der Waals surface area contributed by atoms with E-state index < -0.39 is 0 Å². The largest absolute Gasteiger partial charge is 0.388 e. The minimum Gasteiger partial charge on any atom is -0.388 e. The monoisotopic (exact) mass is 183 g/mol. The Morgan fingerprint density at radius 3 is 3.31 bits per heavy atom. The Balaban J connectivity index is 1.99. The van der Waals surface area contributed by atoms with Crippen LogP contribution in [0.5, 0.6) is 0 Å². The maximum atomic E-state index is 8.93. The Morgan fingerprint density at radius 2 is 2.62 bits per heavy atom. The van der Waals surface area contributed by atoms with Crippen molar-refractivity contribution in [2.75, 3.05) is 13.2 Å². The zero-order valence-electron chi connectivity index (χ0n) is 7.39. The SMILES string of the molecule is OCc1ncnn1CC1CCOC1. The Kier molecular flexibility index (Phi) is 2.56. The molecule has 0 amide bonds. The van der Waals surface area contributed by atoms with Gasteiger partial charge in [-0.2, -0.15) is 5.10 Å². The van der Waals surface area contributed by atoms with Crippen molar-refractivity contribution in [1.82, 2.24) is 14.8 Å². The van der Waals surface area contributed by atoms with Gasteiger partial charge < -0.3 is 9.84 Å². The number of aliphatic hydroxyl groups is 1. The van der Waals surface area contributed by atoms with E-state index in [1.807, 2.05) is 0 Å². The van der Waals surface area contributed by atoms with Crippen LogP contribution in [-0.4, -0.2) is 33.1 Å². The van der Waals surface area contributed by atoms with Crippen LogP contribution in [0.2, 0.25) is 0 Å². The predicted octanol–water partition coefficient (Wildman–Crippen LogP) is -0.193. The minimum absolute atomic E-state index is 0.0480. The standard InChI is InChI=1S/C8H13N3O2/c12-4-8-9-6-10-11(8)3-7-1-2-13-5-7/h6-7,12H,1-5H2. The average Bonchev–Trinajstić information content (AvgIpc) is 2.76. The third-order valence-electron chi connectivity index (χ3n) is 2.29. The van der Waals surface area contributed by atoms with E-state index in [1.165, 1.54) is 6.33 Å². The fourth-order valence-electron chi connectivity index (χ4n) is 1.53. The first-order valence-electron chi connectivity index (χ1n) is 4.45. The minimum atomic E-state index is -0.0480. The van der Waals surface area contributed by atoms with Gasteiger partial charge in [-0.3, -0.25) is 0 Å². The molecule has 0 spiro atoms. The molecule has 13 heavy (non-hydrogen) atoms. The van der Waals surface area contributed by atoms with Gasteiger partial charge in [0.1, 0.15) is 12.9 Å². The van der Waals surface area contributed by atoms with Crippen molar-refractivity contribution in [3.05, 3.63) is 12.2 Å². The van der Waals surface area contributed by atoms with E-state index in [4.69, 9.17) is 9.84 Å². The maximum Gasteiger partial charge on any atom is 0.152 e. The van der Waals surface area contributed by atoms with E-state index in [1.54, 1.807) is 4.68 Å². The van der Waals surface area contributed by atoms with Crippen LogP contribution in [0.25, 0.3) is 0 Å². The van der Waals surface area contributed by atoms with Crippen LogP contribution in [0.3, 0.4) is 0 Å². The first-order chi connectivity index (χ1) is 6.40. The number of hydrogen-bond acceptors (Lipinski definition) is 4. The van der Waals surface area contributed by atoms with E-state index in [0.717, 1.165) is 26.2 Å². The van der Waals surface area contributed by atoms with Crippen LogP contribution < -0.4 is 0 Å². The smallest absolute Gasteiger partial charge is 0.152 e. The van der Waals surface area contributed by atoms with Crippen LogP contribution in [0.1, 0.15) is 12.2 Å². The zero-order chi connectivity index (χ0) is 9.10. The van der Waals surface area contributed by atoms with Crippen molar-refractivity contribution in [2.24, 2.45) is 5.92 Å². The molecule has 0 saturated carbocycles. The van der Waals surface area contributed by atoms with Crippen LogP contribution in [0, 0.1) is 5.92 Å². The lowest BCUT2D eigenvalue weighted by Gasteiger charge is -2.08. The molecule has 0 aliphatic carbocycles. The molecule has 1 aliphatic heterocycles. The average molecular weight is 183 g/mol. The highest BCUT2D eigenvalue weighted by Crippen LogP contribution is 2.14. The Labute approximate surface area is 76.3 Å². The van der Waals surface area contributed by atoms with Gasteiger partial charge in [-0.1, -0.05) is 0 Å². The topological polar surface area (TPSA) is 60.2 Å². The molecule has 2 rings (SSSR count). The van der Waals surface area contributed by atoms with Crippen molar-refractivity contribution in [2.45, 2.75) is 19.6 Å². The lowest BCUT2D eigenvalue weighted by molar-refractivity contribution is 0.180. The van der Waals surface area contributed by atoms with E-state index in [-0.39, 0.29) is 6.61 Å². The normalized spacial score (nSPS) is 22.4. The highest BCUT2D eigenvalue weighted by Gasteiger charge is 2.17. The van der Waals surface area contributed by atoms with Gasteiger partial charge in [0, 0.05) is 19.1 Å². The molecule has 0 radical (unpaired) electrons. The van der Waals surface area contributed by atoms with Crippen molar-refractivity contribution in [3.8, 4) is 0 Å². The quantitative estimate of drug-likeness (QED) is 0.705. The molecule has 1 aromatic heterocycles. The summed E-state index contributed by atoms with van der Waals surface area (Å²) in [6, 6.07) is 0. The molecule has 1 saturated heterocycles. The molecule has 5 nitrogen and oxygen atoms in total. The summed E-state index contributed by atoms with van der Waals surface area (Å²) in [6.07, 6.45) is 2.55. The second-order valence-electron chi connectivity index (χ2n) is 3.25. The summed E-state index contributed by atoms with van der Waals surface area (Å²) in [5.41, 5.74) is 0. The summed E-state index contributed by atoms with van der Waals surface area (Å²) in [7, 11) is 0. The lowest BCUT2D eigenvalue weighted by Crippen LogP contribution is -2.14. The summed E-state index contributed by atoms with van der Waals surface area (Å²) in [4.78, 5) is 3.94. The van der Waals surface area contributed by atoms with Crippen LogP contribution in [0.4, 0.5) is 0 Å². The first-order valence-corrected chi connectivity index (χ1v) is 4.45. The third-order valence-corrected chi connectivity index (χ3v) is 2.29. The molecule has 1 N–H and O–H groups in total. The van der Waals surface area contributed by atoms with Crippen molar-refractivity contribution >= 4 is 0 Å². The van der Waals surface area contributed by atoms with E-state index in [0.29, 0.717) is 11.7 Å². The van der Waals surface area contributed by atoms with E-state index in [2.05, 4.69) is 10.1 Å². The first kappa shape index (κ1) is 8.65. The highest BCUT2D eigenvalue weighted by molar-refractivity contribution is 4.82. The highest BCUT2D eigenvalue weighted by atomic mass is 16.5. The van der Waals surface area contributed by atoms with Crippen LogP contribution in [0.15, 0.2) is 6.33 Å². The number of aromatic nitrogens is 3. The summed E-state index contributed by atoms with van der Waals surface area (Å²) in [5.74, 6) is 1.15. The van der Waals surface area contributed by atoms with Crippen molar-refractivity contribution in [3.63, 3.8) is 0 Å². The van der Waals surface area contributed by atoms with Crippen molar-refractivity contribution in [1.29, 1.82) is 0 Å². The zero-order valence-corrected chi connectivity index (χ0v) is 7.39. The van der Waals surface area contributed by atoms with Gasteiger partial charge in [-0.05, 0) is 6.42 Å². The lowest BCUT2D eigenvalue weighted by atomic mass is 10.1. The van der Waals surface area contributed by atoms with E-state index in [9.17, 15) is 0 Å². The molecule has 72 valence electrons. The van der Waals surface area contributed by atoms with Crippen LogP contribution >= 0.6 is 0 Å². The number of ether oxygens (including phenoxy) is 1. The van der Waals surface area contributed by atoms with Gasteiger partial charge in [0.2, 0.25) is 0 Å². The van der Waals surface area contributed by atoms with E-state index >= 15 is 0 Å². The fraction of sp³-hybridized carbons (Fsp3) is 0.750. The molecule has 1 fully saturated rings. The van der Waals surface area contributed by atoms with Gasteiger partial charge >= 0.3 is 0 Å². The van der Waals surface area contributed by atoms with Gasteiger partial charge in [0.05, 0.1) is 6.61 Å². The molecular weight excluding hydrogens is 170 g/mol. The summed E-state index contributed by atoms with van der Waals surface area (Å²) >= 11 is 0. The summed E-state index contributed by atoms with van der Waals surface area (Å²) in [6.45, 7) is 2.39. The van der Waals surface area contributed by atoms with Crippen molar-refractivity contribution < 1.29 is 9.84 Å².